The molecule has 1 saturated heterocycles. The Hall–Kier alpha value is -2.48. The molecule has 1 saturated carbocycles. The fraction of sp³-hybridized carbons (Fsp3) is 0.421. The largest absolute Gasteiger partial charge is 0.472 e. The van der Waals surface area contributed by atoms with Gasteiger partial charge >= 0.3 is 0 Å². The summed E-state index contributed by atoms with van der Waals surface area (Å²) in [6.45, 7) is 1.02. The van der Waals surface area contributed by atoms with Gasteiger partial charge in [0, 0.05) is 37.8 Å². The van der Waals surface area contributed by atoms with Crippen LogP contribution in [0.25, 0.3) is 10.2 Å². The molecule has 0 radical (unpaired) electrons. The van der Waals surface area contributed by atoms with Crippen LogP contribution in [-0.4, -0.2) is 46.4 Å². The monoisotopic (exact) mass is 385 g/mol. The van der Waals surface area contributed by atoms with Gasteiger partial charge in [-0.25, -0.2) is 19.3 Å². The third kappa shape index (κ3) is 3.41. The highest BCUT2D eigenvalue weighted by Crippen LogP contribution is 2.34. The Morgan fingerprint density at radius 3 is 2.85 bits per heavy atom. The fourth-order valence-corrected chi connectivity index (χ4v) is 4.52. The van der Waals surface area contributed by atoms with Gasteiger partial charge in [0.25, 0.3) is 5.88 Å². The highest BCUT2D eigenvalue weighted by molar-refractivity contribution is 7.22. The number of ether oxygens (including phenoxy) is 1. The number of para-hydroxylation sites is 1. The highest BCUT2D eigenvalue weighted by atomic mass is 32.1. The molecule has 1 aliphatic carbocycles. The zero-order chi connectivity index (χ0) is 18.2. The minimum Gasteiger partial charge on any atom is -0.472 e. The Morgan fingerprint density at radius 1 is 1.19 bits per heavy atom. The van der Waals surface area contributed by atoms with Gasteiger partial charge in [-0.3, -0.25) is 0 Å². The Kier molecular flexibility index (Phi) is 4.27. The van der Waals surface area contributed by atoms with E-state index in [0.29, 0.717) is 37.3 Å². The summed E-state index contributed by atoms with van der Waals surface area (Å²) in [5.41, 5.74) is 1.03. The Labute approximate surface area is 160 Å². The van der Waals surface area contributed by atoms with E-state index in [1.165, 1.54) is 4.70 Å². The zero-order valence-corrected chi connectivity index (χ0v) is 15.5. The second kappa shape index (κ2) is 6.92. The van der Waals surface area contributed by atoms with Crippen LogP contribution in [0.2, 0.25) is 0 Å². The van der Waals surface area contributed by atoms with Crippen LogP contribution in [0.15, 0.2) is 36.7 Å². The van der Waals surface area contributed by atoms with Gasteiger partial charge in [0.2, 0.25) is 0 Å². The van der Waals surface area contributed by atoms with Crippen LogP contribution >= 0.6 is 11.3 Å². The van der Waals surface area contributed by atoms with Crippen molar-refractivity contribution in [1.82, 2.24) is 15.0 Å². The van der Waals surface area contributed by atoms with Crippen molar-refractivity contribution in [2.24, 2.45) is 0 Å². The average Bonchev–Trinajstić information content (AvgIpc) is 3.26. The number of anilines is 2. The van der Waals surface area contributed by atoms with Gasteiger partial charge < -0.3 is 15.0 Å². The smallest absolute Gasteiger partial charge is 0.257 e. The Bertz CT molecular complexity index is 912. The van der Waals surface area contributed by atoms with Gasteiger partial charge in [-0.1, -0.05) is 23.5 Å². The highest BCUT2D eigenvalue weighted by Gasteiger charge is 2.33. The van der Waals surface area contributed by atoms with Crippen molar-refractivity contribution < 1.29 is 9.13 Å². The average molecular weight is 385 g/mol. The van der Waals surface area contributed by atoms with Crippen LogP contribution in [0.1, 0.15) is 19.3 Å². The van der Waals surface area contributed by atoms with Crippen LogP contribution in [0.3, 0.4) is 0 Å². The first-order valence-corrected chi connectivity index (χ1v) is 10.0. The predicted octanol–water partition coefficient (Wildman–Crippen LogP) is 3.66. The number of hydrogen-bond donors (Lipinski definition) is 1. The van der Waals surface area contributed by atoms with Crippen LogP contribution in [0.5, 0.6) is 5.88 Å². The van der Waals surface area contributed by atoms with Crippen molar-refractivity contribution in [3.05, 3.63) is 36.7 Å². The minimum atomic E-state index is -0.800. The van der Waals surface area contributed by atoms with Gasteiger partial charge in [-0.05, 0) is 18.6 Å². The van der Waals surface area contributed by atoms with Gasteiger partial charge in [0.15, 0.2) is 10.9 Å². The third-order valence-corrected chi connectivity index (χ3v) is 6.04. The lowest BCUT2D eigenvalue weighted by atomic mass is 9.89. The molecule has 1 aliphatic heterocycles. The number of nitrogens with one attached hydrogen (secondary N) is 1. The summed E-state index contributed by atoms with van der Waals surface area (Å²) < 4.78 is 20.8. The zero-order valence-electron chi connectivity index (χ0n) is 14.7. The molecule has 3 heterocycles. The number of aromatic nitrogens is 3. The summed E-state index contributed by atoms with van der Waals surface area (Å²) >= 11 is 1.67. The van der Waals surface area contributed by atoms with Crippen LogP contribution in [0.4, 0.5) is 15.3 Å². The molecule has 3 aromatic rings. The molecule has 0 bridgehead atoms. The van der Waals surface area contributed by atoms with Crippen molar-refractivity contribution in [3.63, 3.8) is 0 Å². The van der Waals surface area contributed by atoms with E-state index in [-0.39, 0.29) is 6.10 Å². The first kappa shape index (κ1) is 16.7. The quantitative estimate of drug-likeness (QED) is 0.723. The number of hydrogen-bond acceptors (Lipinski definition) is 7. The summed E-state index contributed by atoms with van der Waals surface area (Å²) in [5, 5.41) is 4.44. The summed E-state index contributed by atoms with van der Waals surface area (Å²) in [6.07, 6.45) is 4.86. The maximum absolute atomic E-state index is 13.5. The van der Waals surface area contributed by atoms with Crippen molar-refractivity contribution in [2.75, 3.05) is 23.3 Å². The standard InChI is InChI=1S/C19H20FN5OS/c20-12-5-8-25(11-12)17-18(22-7-6-21-17)26-14-9-13(10-14)23-19-24-15-3-1-2-4-16(15)27-19/h1-4,6-7,12-14H,5,8-11H2,(H,23,24)/t12?,13-,14+. The summed E-state index contributed by atoms with van der Waals surface area (Å²) in [7, 11) is 0. The molecule has 2 fully saturated rings. The molecule has 0 spiro atoms. The number of fused-ring (bicyclic) bond motifs is 1. The number of rotatable bonds is 5. The second-order valence-electron chi connectivity index (χ2n) is 7.06. The molecule has 1 atom stereocenters. The van der Waals surface area contributed by atoms with E-state index in [1.807, 2.05) is 23.1 Å². The molecular formula is C19H20FN5OS. The predicted molar refractivity (Wildman–Crippen MR) is 104 cm³/mol. The Balaban J connectivity index is 1.19. The van der Waals surface area contributed by atoms with Crippen molar-refractivity contribution in [2.45, 2.75) is 37.6 Å². The molecule has 6 nitrogen and oxygen atoms in total. The van der Waals surface area contributed by atoms with Gasteiger partial charge in [-0.15, -0.1) is 0 Å². The topological polar surface area (TPSA) is 63.2 Å². The van der Waals surface area contributed by atoms with Crippen LogP contribution in [0, 0.1) is 0 Å². The van der Waals surface area contributed by atoms with Crippen molar-refractivity contribution in [1.29, 1.82) is 0 Å². The van der Waals surface area contributed by atoms with E-state index >= 15 is 0 Å². The molecule has 8 heteroatoms. The third-order valence-electron chi connectivity index (χ3n) is 5.07. The lowest BCUT2D eigenvalue weighted by Gasteiger charge is -2.35. The van der Waals surface area contributed by atoms with Gasteiger partial charge in [-0.2, -0.15) is 0 Å². The molecule has 1 aromatic carbocycles. The van der Waals surface area contributed by atoms with E-state index in [4.69, 9.17) is 4.74 Å². The SMILES string of the molecule is FC1CCN(c2nccnc2O[C@H]2C[C@@H](Nc3nc4ccccc4s3)C2)C1. The van der Waals surface area contributed by atoms with E-state index in [9.17, 15) is 4.39 Å². The first-order chi connectivity index (χ1) is 13.2. The maximum Gasteiger partial charge on any atom is 0.257 e. The number of alkyl halides is 1. The van der Waals surface area contributed by atoms with Crippen molar-refractivity contribution >= 4 is 32.5 Å². The molecular weight excluding hydrogens is 365 g/mol. The summed E-state index contributed by atoms with van der Waals surface area (Å²) in [5.74, 6) is 1.16. The fourth-order valence-electron chi connectivity index (χ4n) is 3.57. The number of halogens is 1. The normalized spacial score (nSPS) is 24.8. The van der Waals surface area contributed by atoms with Gasteiger partial charge in [0.05, 0.1) is 16.8 Å². The molecule has 1 unspecified atom stereocenters. The van der Waals surface area contributed by atoms with Crippen LogP contribution < -0.4 is 15.0 Å². The van der Waals surface area contributed by atoms with Gasteiger partial charge in [0.1, 0.15) is 12.3 Å². The molecule has 0 amide bonds. The van der Waals surface area contributed by atoms with E-state index in [1.54, 1.807) is 23.7 Å². The molecule has 2 aliphatic rings. The maximum atomic E-state index is 13.5. The Morgan fingerprint density at radius 2 is 2.04 bits per heavy atom. The minimum absolute atomic E-state index is 0.0936. The van der Waals surface area contributed by atoms with E-state index < -0.39 is 6.17 Å². The molecule has 140 valence electrons. The molecule has 2 aromatic heterocycles. The number of benzene rings is 1. The number of nitrogens with zero attached hydrogens (tertiary/aromatic N) is 4. The lowest BCUT2D eigenvalue weighted by Crippen LogP contribution is -2.43. The summed E-state index contributed by atoms with van der Waals surface area (Å²) in [4.78, 5) is 15.2. The first-order valence-electron chi connectivity index (χ1n) is 9.23. The molecule has 27 heavy (non-hydrogen) atoms. The molecule has 5 rings (SSSR count). The molecule has 1 N–H and O–H groups in total. The van der Waals surface area contributed by atoms with Crippen molar-refractivity contribution in [3.8, 4) is 5.88 Å². The van der Waals surface area contributed by atoms with E-state index in [2.05, 4.69) is 26.3 Å². The second-order valence-corrected chi connectivity index (χ2v) is 8.09. The lowest BCUT2D eigenvalue weighted by molar-refractivity contribution is 0.103. The van der Waals surface area contributed by atoms with Crippen LogP contribution in [-0.2, 0) is 0 Å². The summed E-state index contributed by atoms with van der Waals surface area (Å²) in [6, 6.07) is 8.49. The number of thiazole rings is 1. The van der Waals surface area contributed by atoms with E-state index in [0.717, 1.165) is 23.5 Å².